The molecule has 212 valence electrons. The zero-order valence-corrected chi connectivity index (χ0v) is 25.3. The lowest BCUT2D eigenvalue weighted by molar-refractivity contribution is 0.332. The van der Waals surface area contributed by atoms with E-state index in [0.717, 1.165) is 43.1 Å². The Morgan fingerprint density at radius 2 is 1.05 bits per heavy atom. The third-order valence-corrected chi connectivity index (χ3v) is 9.13. The van der Waals surface area contributed by atoms with E-state index in [9.17, 15) is 8.42 Å². The summed E-state index contributed by atoms with van der Waals surface area (Å²) < 4.78 is 41.2. The predicted molar refractivity (Wildman–Crippen MR) is 163 cm³/mol. The highest BCUT2D eigenvalue weighted by Gasteiger charge is 2.36. The lowest BCUT2D eigenvalue weighted by Gasteiger charge is -2.28. The fourth-order valence-corrected chi connectivity index (χ4v) is 6.82. The van der Waals surface area contributed by atoms with Crippen molar-refractivity contribution in [2.75, 3.05) is 49.2 Å². The van der Waals surface area contributed by atoms with Gasteiger partial charge in [0.1, 0.15) is 16.7 Å². The van der Waals surface area contributed by atoms with E-state index >= 15 is 0 Å². The largest absolute Gasteiger partial charge is 0.493 e. The van der Waals surface area contributed by atoms with Crippen LogP contribution >= 0.6 is 0 Å². The molecule has 3 rings (SSSR count). The standard InChI is InChI=1S/C32H44N2O4S/c1-8-33(9-2)25-16-20-28(30(22-25)37-12-5)32(39(35,36)27-18-14-24(7)15-19-27)29-21-17-26(34(10-3)11-4)23-31(29)38-13-6/h14-23,32H,8-13H2,1-7H3. The first-order valence-corrected chi connectivity index (χ1v) is 15.6. The minimum absolute atomic E-state index is 0.267. The van der Waals surface area contributed by atoms with E-state index in [1.165, 1.54) is 0 Å². The molecule has 0 unspecified atom stereocenters. The molecule has 3 aromatic carbocycles. The summed E-state index contributed by atoms with van der Waals surface area (Å²) in [5.41, 5.74) is 4.21. The second-order valence-electron chi connectivity index (χ2n) is 9.39. The van der Waals surface area contributed by atoms with Crippen molar-refractivity contribution in [3.63, 3.8) is 0 Å². The van der Waals surface area contributed by atoms with Crippen molar-refractivity contribution in [3.8, 4) is 11.5 Å². The number of anilines is 2. The van der Waals surface area contributed by atoms with E-state index in [0.29, 0.717) is 35.8 Å². The number of ether oxygens (including phenoxy) is 2. The Morgan fingerprint density at radius 1 is 0.641 bits per heavy atom. The van der Waals surface area contributed by atoms with Gasteiger partial charge in [0.05, 0.1) is 18.1 Å². The lowest BCUT2D eigenvalue weighted by atomic mass is 10.0. The summed E-state index contributed by atoms with van der Waals surface area (Å²) in [5, 5.41) is -1.01. The normalized spacial score (nSPS) is 11.5. The number of rotatable bonds is 14. The summed E-state index contributed by atoms with van der Waals surface area (Å²) in [6, 6.07) is 18.8. The minimum Gasteiger partial charge on any atom is -0.493 e. The zero-order valence-electron chi connectivity index (χ0n) is 24.5. The molecule has 0 heterocycles. The Morgan fingerprint density at radius 3 is 1.41 bits per heavy atom. The Balaban J connectivity index is 2.34. The van der Waals surface area contributed by atoms with Crippen LogP contribution in [0.15, 0.2) is 65.6 Å². The number of sulfone groups is 1. The second kappa shape index (κ2) is 13.7. The van der Waals surface area contributed by atoms with Crippen molar-refractivity contribution in [3.05, 3.63) is 77.4 Å². The molecule has 0 aromatic heterocycles. The van der Waals surface area contributed by atoms with E-state index in [1.807, 2.05) is 69.3 Å². The predicted octanol–water partition coefficient (Wildman–Crippen LogP) is 7.05. The van der Waals surface area contributed by atoms with Crippen LogP contribution in [0.2, 0.25) is 0 Å². The average Bonchev–Trinajstić information content (AvgIpc) is 2.93. The molecule has 0 spiro atoms. The SMILES string of the molecule is CCOc1cc(N(CC)CC)ccc1C(c1ccc(N(CC)CC)cc1OCC)S(=O)(=O)c1ccc(C)cc1. The Bertz CT molecular complexity index is 1250. The van der Waals surface area contributed by atoms with Crippen LogP contribution in [-0.2, 0) is 9.84 Å². The number of hydrogen-bond acceptors (Lipinski definition) is 6. The van der Waals surface area contributed by atoms with Crippen LogP contribution in [0.25, 0.3) is 0 Å². The van der Waals surface area contributed by atoms with Gasteiger partial charge in [-0.3, -0.25) is 0 Å². The highest BCUT2D eigenvalue weighted by atomic mass is 32.2. The fraction of sp³-hybridized carbons (Fsp3) is 0.438. The first kappa shape index (κ1) is 30.4. The van der Waals surface area contributed by atoms with Crippen molar-refractivity contribution in [1.29, 1.82) is 0 Å². The highest BCUT2D eigenvalue weighted by Crippen LogP contribution is 2.45. The first-order valence-electron chi connectivity index (χ1n) is 14.1. The average molecular weight is 553 g/mol. The van der Waals surface area contributed by atoms with Gasteiger partial charge in [-0.15, -0.1) is 0 Å². The third kappa shape index (κ3) is 6.70. The van der Waals surface area contributed by atoms with Gasteiger partial charge in [0.15, 0.2) is 9.84 Å². The maximum absolute atomic E-state index is 14.5. The summed E-state index contributed by atoms with van der Waals surface area (Å²) in [6.07, 6.45) is 0. The Hall–Kier alpha value is -3.19. The van der Waals surface area contributed by atoms with Crippen LogP contribution in [0.4, 0.5) is 11.4 Å². The molecule has 0 aliphatic rings. The Kier molecular flexibility index (Phi) is 10.7. The molecule has 0 aliphatic carbocycles. The van der Waals surface area contributed by atoms with E-state index in [-0.39, 0.29) is 4.90 Å². The lowest BCUT2D eigenvalue weighted by Crippen LogP contribution is -2.23. The Labute approximate surface area is 235 Å². The number of hydrogen-bond donors (Lipinski definition) is 0. The molecule has 0 aliphatic heterocycles. The van der Waals surface area contributed by atoms with Crippen LogP contribution in [0.1, 0.15) is 63.5 Å². The van der Waals surface area contributed by atoms with E-state index in [4.69, 9.17) is 9.47 Å². The molecule has 3 aromatic rings. The van der Waals surface area contributed by atoms with Crippen LogP contribution < -0.4 is 19.3 Å². The molecular weight excluding hydrogens is 508 g/mol. The summed E-state index contributed by atoms with van der Waals surface area (Å²) in [6.45, 7) is 18.4. The van der Waals surface area contributed by atoms with Gasteiger partial charge >= 0.3 is 0 Å². The first-order chi connectivity index (χ1) is 18.7. The van der Waals surface area contributed by atoms with Crippen molar-refractivity contribution < 1.29 is 17.9 Å². The molecule has 0 atom stereocenters. The number of benzene rings is 3. The molecule has 0 amide bonds. The summed E-state index contributed by atoms with van der Waals surface area (Å²) in [4.78, 5) is 4.71. The number of aryl methyl sites for hydroxylation is 1. The van der Waals surface area contributed by atoms with Crippen LogP contribution in [-0.4, -0.2) is 47.8 Å². The van der Waals surface area contributed by atoms with Gasteiger partial charge in [-0.05, 0) is 72.7 Å². The van der Waals surface area contributed by atoms with Crippen LogP contribution in [0.5, 0.6) is 11.5 Å². The van der Waals surface area contributed by atoms with E-state index in [2.05, 4.69) is 37.5 Å². The van der Waals surface area contributed by atoms with Gasteiger partial charge < -0.3 is 19.3 Å². The maximum atomic E-state index is 14.5. The van der Waals surface area contributed by atoms with Gasteiger partial charge in [-0.1, -0.05) is 29.8 Å². The van der Waals surface area contributed by atoms with Crippen molar-refractivity contribution in [2.45, 2.75) is 58.6 Å². The van der Waals surface area contributed by atoms with Gasteiger partial charge in [0.2, 0.25) is 0 Å². The fourth-order valence-electron chi connectivity index (χ4n) is 4.98. The topological polar surface area (TPSA) is 59.1 Å². The van der Waals surface area contributed by atoms with Crippen LogP contribution in [0, 0.1) is 6.92 Å². The molecule has 7 heteroatoms. The monoisotopic (exact) mass is 552 g/mol. The van der Waals surface area contributed by atoms with Gasteiger partial charge in [0, 0.05) is 60.8 Å². The third-order valence-electron chi connectivity index (χ3n) is 7.08. The summed E-state index contributed by atoms with van der Waals surface area (Å²) >= 11 is 0. The van der Waals surface area contributed by atoms with Gasteiger partial charge in [-0.25, -0.2) is 8.42 Å². The van der Waals surface area contributed by atoms with Crippen molar-refractivity contribution in [2.24, 2.45) is 0 Å². The van der Waals surface area contributed by atoms with Gasteiger partial charge in [0.25, 0.3) is 0 Å². The molecule has 0 saturated heterocycles. The molecule has 0 fully saturated rings. The van der Waals surface area contributed by atoms with E-state index < -0.39 is 15.1 Å². The molecule has 39 heavy (non-hydrogen) atoms. The van der Waals surface area contributed by atoms with Crippen molar-refractivity contribution >= 4 is 21.2 Å². The molecule has 0 bridgehead atoms. The zero-order chi connectivity index (χ0) is 28.6. The quantitative estimate of drug-likeness (QED) is 0.214. The molecule has 0 saturated carbocycles. The summed E-state index contributed by atoms with van der Waals surface area (Å²) in [5.74, 6) is 1.13. The molecule has 0 N–H and O–H groups in total. The maximum Gasteiger partial charge on any atom is 0.189 e. The molecule has 6 nitrogen and oxygen atoms in total. The molecule has 0 radical (unpaired) electrons. The minimum atomic E-state index is -3.88. The van der Waals surface area contributed by atoms with Gasteiger partial charge in [-0.2, -0.15) is 0 Å². The smallest absolute Gasteiger partial charge is 0.189 e. The molecular formula is C32H44N2O4S. The highest BCUT2D eigenvalue weighted by molar-refractivity contribution is 7.92. The second-order valence-corrected chi connectivity index (χ2v) is 11.4. The summed E-state index contributed by atoms with van der Waals surface area (Å²) in [7, 11) is -3.88. The van der Waals surface area contributed by atoms with E-state index in [1.54, 1.807) is 12.1 Å². The van der Waals surface area contributed by atoms with Crippen molar-refractivity contribution in [1.82, 2.24) is 0 Å². The van der Waals surface area contributed by atoms with Crippen LogP contribution in [0.3, 0.4) is 0 Å². The number of nitrogens with zero attached hydrogens (tertiary/aromatic N) is 2.